The summed E-state index contributed by atoms with van der Waals surface area (Å²) in [6.07, 6.45) is 7.32. The molecule has 1 N–H and O–H groups in total. The highest BCUT2D eigenvalue weighted by molar-refractivity contribution is 5.16. The molecule has 0 aliphatic heterocycles. The second-order valence-electron chi connectivity index (χ2n) is 5.92. The van der Waals surface area contributed by atoms with Crippen LogP contribution < -0.4 is 5.32 Å². The fourth-order valence-corrected chi connectivity index (χ4v) is 3.34. The zero-order valence-corrected chi connectivity index (χ0v) is 12.2. The lowest BCUT2D eigenvalue weighted by Crippen LogP contribution is -2.42. The number of nitrogens with zero attached hydrogens (tertiary/aromatic N) is 2. The predicted octanol–water partition coefficient (Wildman–Crippen LogP) is 2.90. The second-order valence-corrected chi connectivity index (χ2v) is 5.92. The van der Waals surface area contributed by atoms with Gasteiger partial charge in [-0.15, -0.1) is 0 Å². The molecular weight excluding hydrogens is 222 g/mol. The predicted molar refractivity (Wildman–Crippen MR) is 75.4 cm³/mol. The van der Waals surface area contributed by atoms with E-state index in [1.165, 1.54) is 30.5 Å². The Labute approximate surface area is 111 Å². The van der Waals surface area contributed by atoms with Crippen LogP contribution >= 0.6 is 0 Å². The summed E-state index contributed by atoms with van der Waals surface area (Å²) in [5.74, 6) is 1.60. The van der Waals surface area contributed by atoms with E-state index in [0.29, 0.717) is 6.04 Å². The summed E-state index contributed by atoms with van der Waals surface area (Å²) in [5, 5.41) is 8.28. The van der Waals surface area contributed by atoms with Gasteiger partial charge in [-0.2, -0.15) is 5.10 Å². The van der Waals surface area contributed by atoms with Crippen molar-refractivity contribution in [2.45, 2.75) is 59.0 Å². The molecule has 1 aromatic rings. The normalized spacial score (nSPS) is 28.6. The minimum Gasteiger partial charge on any atom is -0.309 e. The van der Waals surface area contributed by atoms with Crippen LogP contribution in [-0.4, -0.2) is 15.8 Å². The van der Waals surface area contributed by atoms with Crippen LogP contribution in [0.3, 0.4) is 0 Å². The van der Waals surface area contributed by atoms with Crippen LogP contribution in [0.15, 0.2) is 6.20 Å². The van der Waals surface area contributed by atoms with Gasteiger partial charge in [-0.05, 0) is 31.1 Å². The van der Waals surface area contributed by atoms with Crippen LogP contribution in [0, 0.1) is 11.8 Å². The van der Waals surface area contributed by atoms with E-state index in [2.05, 4.69) is 37.4 Å². The Hall–Kier alpha value is -0.830. The Balaban J connectivity index is 1.97. The van der Waals surface area contributed by atoms with E-state index in [4.69, 9.17) is 0 Å². The monoisotopic (exact) mass is 249 g/mol. The largest absolute Gasteiger partial charge is 0.309 e. The van der Waals surface area contributed by atoms with Gasteiger partial charge in [0.15, 0.2) is 0 Å². The van der Waals surface area contributed by atoms with Gasteiger partial charge < -0.3 is 5.32 Å². The summed E-state index contributed by atoms with van der Waals surface area (Å²) in [6, 6.07) is 0.670. The molecule has 102 valence electrons. The Morgan fingerprint density at radius 3 is 2.61 bits per heavy atom. The highest BCUT2D eigenvalue weighted by Crippen LogP contribution is 2.29. The van der Waals surface area contributed by atoms with E-state index in [9.17, 15) is 0 Å². The molecule has 0 amide bonds. The SMILES string of the molecule is CCc1nn(C)cc1CNC1C(C)CCCC1C. The van der Waals surface area contributed by atoms with Crippen molar-refractivity contribution in [2.24, 2.45) is 18.9 Å². The average molecular weight is 249 g/mol. The van der Waals surface area contributed by atoms with Gasteiger partial charge in [0.1, 0.15) is 0 Å². The number of aryl methyl sites for hydroxylation is 2. The summed E-state index contributed by atoms with van der Waals surface area (Å²) < 4.78 is 1.93. The molecule has 1 aromatic heterocycles. The van der Waals surface area contributed by atoms with Crippen molar-refractivity contribution in [1.82, 2.24) is 15.1 Å². The smallest absolute Gasteiger partial charge is 0.0666 e. The molecular formula is C15H27N3. The van der Waals surface area contributed by atoms with E-state index in [-0.39, 0.29) is 0 Å². The minimum atomic E-state index is 0.670. The molecule has 0 radical (unpaired) electrons. The second kappa shape index (κ2) is 5.87. The molecule has 0 spiro atoms. The fraction of sp³-hybridized carbons (Fsp3) is 0.800. The van der Waals surface area contributed by atoms with E-state index in [0.717, 1.165) is 24.8 Å². The molecule has 2 atom stereocenters. The van der Waals surface area contributed by atoms with Gasteiger partial charge in [0.25, 0.3) is 0 Å². The minimum absolute atomic E-state index is 0.670. The number of hydrogen-bond donors (Lipinski definition) is 1. The topological polar surface area (TPSA) is 29.9 Å². The highest BCUT2D eigenvalue weighted by atomic mass is 15.3. The van der Waals surface area contributed by atoms with Crippen LogP contribution in [0.25, 0.3) is 0 Å². The summed E-state index contributed by atoms with van der Waals surface area (Å²) in [6.45, 7) is 7.92. The van der Waals surface area contributed by atoms with E-state index in [1.54, 1.807) is 0 Å². The molecule has 1 fully saturated rings. The van der Waals surface area contributed by atoms with E-state index < -0.39 is 0 Å². The third-order valence-corrected chi connectivity index (χ3v) is 4.40. The van der Waals surface area contributed by atoms with Gasteiger partial charge >= 0.3 is 0 Å². The Morgan fingerprint density at radius 2 is 2.00 bits per heavy atom. The van der Waals surface area contributed by atoms with Crippen molar-refractivity contribution in [3.8, 4) is 0 Å². The molecule has 18 heavy (non-hydrogen) atoms. The van der Waals surface area contributed by atoms with Crippen LogP contribution in [0.5, 0.6) is 0 Å². The molecule has 2 unspecified atom stereocenters. The first-order chi connectivity index (χ1) is 8.61. The van der Waals surface area contributed by atoms with Crippen LogP contribution in [0.2, 0.25) is 0 Å². The standard InChI is InChI=1S/C15H27N3/c1-5-14-13(10-18(4)17-14)9-16-15-11(2)7-6-8-12(15)3/h10-12,15-16H,5-9H2,1-4H3. The third kappa shape index (κ3) is 2.94. The lowest BCUT2D eigenvalue weighted by Gasteiger charge is -2.35. The van der Waals surface area contributed by atoms with Gasteiger partial charge in [0, 0.05) is 31.4 Å². The summed E-state index contributed by atoms with van der Waals surface area (Å²) in [4.78, 5) is 0. The van der Waals surface area contributed by atoms with Crippen molar-refractivity contribution >= 4 is 0 Å². The van der Waals surface area contributed by atoms with Crippen molar-refractivity contribution in [3.05, 3.63) is 17.5 Å². The summed E-state index contributed by atoms with van der Waals surface area (Å²) in [7, 11) is 2.01. The van der Waals surface area contributed by atoms with E-state index >= 15 is 0 Å². The molecule has 1 aliphatic rings. The maximum Gasteiger partial charge on any atom is 0.0666 e. The Kier molecular flexibility index (Phi) is 4.44. The molecule has 0 saturated heterocycles. The molecule has 3 nitrogen and oxygen atoms in total. The average Bonchev–Trinajstić information content (AvgIpc) is 2.69. The third-order valence-electron chi connectivity index (χ3n) is 4.40. The van der Waals surface area contributed by atoms with Crippen molar-refractivity contribution < 1.29 is 0 Å². The van der Waals surface area contributed by atoms with Gasteiger partial charge in [-0.25, -0.2) is 0 Å². The van der Waals surface area contributed by atoms with Crippen LogP contribution in [0.1, 0.15) is 51.3 Å². The zero-order chi connectivity index (χ0) is 13.1. The van der Waals surface area contributed by atoms with Gasteiger partial charge in [0.05, 0.1) is 5.69 Å². The van der Waals surface area contributed by atoms with E-state index in [1.807, 2.05) is 11.7 Å². The first-order valence-electron chi connectivity index (χ1n) is 7.36. The van der Waals surface area contributed by atoms with Crippen LogP contribution in [0.4, 0.5) is 0 Å². The number of hydrogen-bond acceptors (Lipinski definition) is 2. The maximum atomic E-state index is 4.51. The fourth-order valence-electron chi connectivity index (χ4n) is 3.34. The number of nitrogens with one attached hydrogen (secondary N) is 1. The van der Waals surface area contributed by atoms with Crippen molar-refractivity contribution in [3.63, 3.8) is 0 Å². The quantitative estimate of drug-likeness (QED) is 0.889. The first kappa shape index (κ1) is 13.6. The molecule has 1 aliphatic carbocycles. The molecule has 3 heteroatoms. The van der Waals surface area contributed by atoms with Crippen molar-refractivity contribution in [2.75, 3.05) is 0 Å². The molecule has 0 aromatic carbocycles. The molecule has 2 rings (SSSR count). The maximum absolute atomic E-state index is 4.51. The number of aromatic nitrogens is 2. The zero-order valence-electron chi connectivity index (χ0n) is 12.2. The highest BCUT2D eigenvalue weighted by Gasteiger charge is 2.27. The Morgan fingerprint density at radius 1 is 1.33 bits per heavy atom. The summed E-state index contributed by atoms with van der Waals surface area (Å²) >= 11 is 0. The Bertz CT molecular complexity index is 373. The first-order valence-corrected chi connectivity index (χ1v) is 7.36. The summed E-state index contributed by atoms with van der Waals surface area (Å²) in [5.41, 5.74) is 2.60. The van der Waals surface area contributed by atoms with Gasteiger partial charge in [0.2, 0.25) is 0 Å². The lowest BCUT2D eigenvalue weighted by atomic mass is 9.78. The molecule has 1 heterocycles. The lowest BCUT2D eigenvalue weighted by molar-refractivity contribution is 0.207. The van der Waals surface area contributed by atoms with Gasteiger partial charge in [-0.3, -0.25) is 4.68 Å². The van der Waals surface area contributed by atoms with Crippen molar-refractivity contribution in [1.29, 1.82) is 0 Å². The molecule has 0 bridgehead atoms. The van der Waals surface area contributed by atoms with Crippen LogP contribution in [-0.2, 0) is 20.0 Å². The molecule has 1 saturated carbocycles. The number of rotatable bonds is 4. The van der Waals surface area contributed by atoms with Gasteiger partial charge in [-0.1, -0.05) is 27.2 Å².